The second kappa shape index (κ2) is 2.21. The fourth-order valence-electron chi connectivity index (χ4n) is 0.974. The molecule has 11 heavy (non-hydrogen) atoms. The van der Waals surface area contributed by atoms with E-state index in [0.29, 0.717) is 5.69 Å². The normalized spacial score (nSPS) is 23.5. The van der Waals surface area contributed by atoms with Crippen molar-refractivity contribution < 1.29 is 0 Å². The summed E-state index contributed by atoms with van der Waals surface area (Å²) < 4.78 is 8.21. The maximum absolute atomic E-state index is 5.64. The van der Waals surface area contributed by atoms with E-state index in [-0.39, 0.29) is 0 Å². The quantitative estimate of drug-likeness (QED) is 0.351. The maximum atomic E-state index is 5.64. The van der Waals surface area contributed by atoms with Crippen molar-refractivity contribution in [2.45, 2.75) is 0 Å². The Kier molecular flexibility index (Phi) is 1.33. The lowest BCUT2D eigenvalue weighted by Crippen LogP contribution is -2.24. The van der Waals surface area contributed by atoms with Crippen LogP contribution in [0.2, 0.25) is 0 Å². The highest BCUT2D eigenvalue weighted by atomic mass is 32.2. The van der Waals surface area contributed by atoms with Gasteiger partial charge in [0, 0.05) is 0 Å². The Hall–Kier alpha value is -1.07. The second-order valence-corrected chi connectivity index (χ2v) is 3.28. The van der Waals surface area contributed by atoms with Crippen LogP contribution in [-0.4, -0.2) is 0 Å². The van der Waals surface area contributed by atoms with E-state index in [0.717, 1.165) is 10.7 Å². The van der Waals surface area contributed by atoms with Gasteiger partial charge in [0.05, 0.1) is 5.69 Å². The highest BCUT2D eigenvalue weighted by Crippen LogP contribution is 2.17. The van der Waals surface area contributed by atoms with Crippen LogP contribution in [0.15, 0.2) is 27.0 Å². The Morgan fingerprint density at radius 1 is 1.27 bits per heavy atom. The van der Waals surface area contributed by atoms with Gasteiger partial charge in [-0.15, -0.1) is 0 Å². The first-order valence-electron chi connectivity index (χ1n) is 3.14. The molecule has 0 spiro atoms. The van der Waals surface area contributed by atoms with E-state index in [2.05, 4.69) is 8.80 Å². The van der Waals surface area contributed by atoms with Crippen LogP contribution in [0.5, 0.6) is 0 Å². The Morgan fingerprint density at radius 2 is 2.09 bits per heavy atom. The molecule has 1 aromatic carbocycles. The Labute approximate surface area is 66.4 Å². The fourth-order valence-corrected chi connectivity index (χ4v) is 1.82. The molecule has 1 atom stereocenters. The van der Waals surface area contributed by atoms with Crippen molar-refractivity contribution in [3.63, 3.8) is 0 Å². The van der Waals surface area contributed by atoms with Gasteiger partial charge in [0.1, 0.15) is 10.7 Å². The van der Waals surface area contributed by atoms with E-state index < -0.39 is 11.5 Å². The smallest absolute Gasteiger partial charge is 0.122 e. The first-order chi connectivity index (χ1) is 5.27. The van der Waals surface area contributed by atoms with Gasteiger partial charge in [-0.05, 0) is 23.6 Å². The van der Waals surface area contributed by atoms with E-state index >= 15 is 0 Å². The van der Waals surface area contributed by atoms with Gasteiger partial charge in [-0.1, -0.05) is 6.07 Å². The molecule has 0 saturated heterocycles. The number of rotatable bonds is 0. The SMILES string of the molecule is Nc1cccc2c1=N[SH](N)N=2. The molecular weight excluding hydrogens is 160 g/mol. The van der Waals surface area contributed by atoms with E-state index in [1.165, 1.54) is 0 Å². The Morgan fingerprint density at radius 3 is 2.82 bits per heavy atom. The molecule has 58 valence electrons. The van der Waals surface area contributed by atoms with Crippen molar-refractivity contribution in [2.75, 3.05) is 5.73 Å². The van der Waals surface area contributed by atoms with Gasteiger partial charge in [0.15, 0.2) is 0 Å². The molecule has 0 radical (unpaired) electrons. The summed E-state index contributed by atoms with van der Waals surface area (Å²) in [6.45, 7) is 0. The summed E-state index contributed by atoms with van der Waals surface area (Å²) in [5, 5.41) is 7.10. The number of nitrogens with two attached hydrogens (primary N) is 2. The molecule has 0 amide bonds. The maximum Gasteiger partial charge on any atom is 0.122 e. The van der Waals surface area contributed by atoms with Gasteiger partial charge in [-0.25, -0.2) is 8.80 Å². The number of thiol groups is 1. The van der Waals surface area contributed by atoms with Gasteiger partial charge >= 0.3 is 0 Å². The molecule has 1 aliphatic heterocycles. The molecule has 4 N–H and O–H groups in total. The topological polar surface area (TPSA) is 76.8 Å². The van der Waals surface area contributed by atoms with Crippen LogP contribution in [0, 0.1) is 0 Å². The van der Waals surface area contributed by atoms with Gasteiger partial charge < -0.3 is 5.73 Å². The average Bonchev–Trinajstić information content (AvgIpc) is 2.31. The standard InChI is InChI=1S/C6H8N4S/c7-4-2-1-3-5-6(4)10-11(8)9-5/h1-3,11H,7-8H2. The highest BCUT2D eigenvalue weighted by molar-refractivity contribution is 8.12. The lowest BCUT2D eigenvalue weighted by atomic mass is 10.3. The predicted molar refractivity (Wildman–Crippen MR) is 46.3 cm³/mol. The van der Waals surface area contributed by atoms with E-state index in [1.54, 1.807) is 6.07 Å². The summed E-state index contributed by atoms with van der Waals surface area (Å²) in [7, 11) is 0. The van der Waals surface area contributed by atoms with E-state index in [9.17, 15) is 0 Å². The molecule has 1 unspecified atom stereocenters. The Balaban J connectivity index is 2.87. The molecule has 0 aromatic heterocycles. The van der Waals surface area contributed by atoms with Crippen LogP contribution in [-0.2, 0) is 0 Å². The lowest BCUT2D eigenvalue weighted by molar-refractivity contribution is 1.37. The van der Waals surface area contributed by atoms with Crippen LogP contribution < -0.4 is 21.6 Å². The summed E-state index contributed by atoms with van der Waals surface area (Å²) in [5.41, 5.74) is 6.29. The molecule has 0 aliphatic carbocycles. The number of para-hydroxylation sites is 1. The number of anilines is 1. The average molecular weight is 168 g/mol. The molecule has 2 rings (SSSR count). The van der Waals surface area contributed by atoms with Crippen molar-refractivity contribution >= 4 is 17.1 Å². The minimum Gasteiger partial charge on any atom is -0.397 e. The minimum absolute atomic E-state index is 0.654. The number of nitrogen functional groups attached to an aromatic ring is 1. The fraction of sp³-hybridized carbons (Fsp3) is 0. The van der Waals surface area contributed by atoms with E-state index in [1.807, 2.05) is 12.1 Å². The highest BCUT2D eigenvalue weighted by Gasteiger charge is 2.02. The number of benzene rings is 1. The van der Waals surface area contributed by atoms with Gasteiger partial charge in [-0.3, -0.25) is 5.14 Å². The number of fused-ring (bicyclic) bond motifs is 1. The van der Waals surface area contributed by atoms with Crippen LogP contribution in [0.25, 0.3) is 0 Å². The molecule has 4 nitrogen and oxygen atoms in total. The number of hydrogen-bond acceptors (Lipinski definition) is 4. The zero-order chi connectivity index (χ0) is 7.84. The van der Waals surface area contributed by atoms with Crippen molar-refractivity contribution in [1.82, 2.24) is 0 Å². The molecular formula is C6H8N4S. The van der Waals surface area contributed by atoms with Gasteiger partial charge in [0.2, 0.25) is 0 Å². The van der Waals surface area contributed by atoms with Crippen LogP contribution in [0.1, 0.15) is 0 Å². The minimum atomic E-state index is -1.04. The van der Waals surface area contributed by atoms with Gasteiger partial charge in [0.25, 0.3) is 0 Å². The molecule has 0 fully saturated rings. The van der Waals surface area contributed by atoms with E-state index in [4.69, 9.17) is 10.9 Å². The number of nitrogens with zero attached hydrogens (tertiary/aromatic N) is 2. The molecule has 5 heteroatoms. The molecule has 1 aliphatic rings. The third kappa shape index (κ3) is 0.979. The third-order valence-corrected chi connectivity index (χ3v) is 2.28. The van der Waals surface area contributed by atoms with Crippen molar-refractivity contribution in [1.29, 1.82) is 0 Å². The largest absolute Gasteiger partial charge is 0.397 e. The molecule has 0 bridgehead atoms. The van der Waals surface area contributed by atoms with Crippen molar-refractivity contribution in [2.24, 2.45) is 13.9 Å². The lowest BCUT2D eigenvalue weighted by Gasteiger charge is -1.93. The van der Waals surface area contributed by atoms with Gasteiger partial charge in [-0.2, -0.15) is 0 Å². The van der Waals surface area contributed by atoms with Crippen molar-refractivity contribution in [3.05, 3.63) is 28.9 Å². The van der Waals surface area contributed by atoms with Crippen LogP contribution >= 0.6 is 11.5 Å². The molecule has 1 heterocycles. The Bertz CT molecular complexity index is 400. The zero-order valence-corrected chi connectivity index (χ0v) is 6.62. The monoisotopic (exact) mass is 168 g/mol. The van der Waals surface area contributed by atoms with Crippen LogP contribution in [0.4, 0.5) is 5.69 Å². The summed E-state index contributed by atoms with van der Waals surface area (Å²) in [5.74, 6) is 0. The molecule has 1 aromatic rings. The molecule has 0 saturated carbocycles. The summed E-state index contributed by atoms with van der Waals surface area (Å²) >= 11 is -1.04. The van der Waals surface area contributed by atoms with Crippen LogP contribution in [0.3, 0.4) is 0 Å². The third-order valence-electron chi connectivity index (χ3n) is 1.46. The zero-order valence-electron chi connectivity index (χ0n) is 5.73. The number of hydrogen-bond donors (Lipinski definition) is 3. The second-order valence-electron chi connectivity index (χ2n) is 2.24. The summed E-state index contributed by atoms with van der Waals surface area (Å²) in [4.78, 5) is 0. The first-order valence-corrected chi connectivity index (χ1v) is 4.45. The first kappa shape index (κ1) is 6.63. The van der Waals surface area contributed by atoms with Crippen molar-refractivity contribution in [3.8, 4) is 0 Å². The summed E-state index contributed by atoms with van der Waals surface area (Å²) in [6, 6.07) is 5.51. The predicted octanol–water partition coefficient (Wildman–Crippen LogP) is -0.774. The summed E-state index contributed by atoms with van der Waals surface area (Å²) in [6.07, 6.45) is 0.